The van der Waals surface area contributed by atoms with E-state index in [0.717, 1.165) is 39.4 Å². The summed E-state index contributed by atoms with van der Waals surface area (Å²) in [6.07, 6.45) is 2.70. The van der Waals surface area contributed by atoms with Crippen LogP contribution in [-0.2, 0) is 6.42 Å². The summed E-state index contributed by atoms with van der Waals surface area (Å²) in [7, 11) is 0. The number of carbonyl (C=O) groups excluding carboxylic acids is 1. The van der Waals surface area contributed by atoms with Crippen molar-refractivity contribution in [2.24, 2.45) is 11.3 Å². The Morgan fingerprint density at radius 2 is 2.10 bits per heavy atom. The second-order valence-corrected chi connectivity index (χ2v) is 8.26. The summed E-state index contributed by atoms with van der Waals surface area (Å²) in [6.45, 7) is 6.51. The number of aromatic nitrogens is 1. The van der Waals surface area contributed by atoms with Crippen molar-refractivity contribution in [3.8, 4) is 10.8 Å². The van der Waals surface area contributed by atoms with E-state index < -0.39 is 0 Å². The average Bonchev–Trinajstić information content (AvgIpc) is 2.83. The van der Waals surface area contributed by atoms with Crippen LogP contribution in [0.3, 0.4) is 0 Å². The number of hydrogen-bond acceptors (Lipinski definition) is 4. The highest BCUT2D eigenvalue weighted by atomic mass is 32.1. The molecule has 4 heteroatoms. The first-order valence-electron chi connectivity index (χ1n) is 7.56. The molecule has 110 valence electrons. The molecule has 0 aromatic carbocycles. The van der Waals surface area contributed by atoms with Gasteiger partial charge in [0.2, 0.25) is 0 Å². The van der Waals surface area contributed by atoms with Crippen LogP contribution in [0.4, 0.5) is 0 Å². The van der Waals surface area contributed by atoms with Crippen molar-refractivity contribution in [1.29, 1.82) is 0 Å². The molecule has 3 nitrogen and oxygen atoms in total. The van der Waals surface area contributed by atoms with Gasteiger partial charge in [-0.05, 0) is 36.3 Å². The predicted octanol–water partition coefficient (Wildman–Crippen LogP) is 4.68. The summed E-state index contributed by atoms with van der Waals surface area (Å²) in [5.74, 6) is 3.42. The first-order valence-corrected chi connectivity index (χ1v) is 8.38. The van der Waals surface area contributed by atoms with Crippen LogP contribution in [0.5, 0.6) is 0 Å². The van der Waals surface area contributed by atoms with E-state index in [1.54, 1.807) is 0 Å². The van der Waals surface area contributed by atoms with Crippen molar-refractivity contribution in [3.63, 3.8) is 0 Å². The largest absolute Gasteiger partial charge is 0.458 e. The fraction of sp³-hybridized carbons (Fsp3) is 0.529. The van der Waals surface area contributed by atoms with E-state index >= 15 is 0 Å². The summed E-state index contributed by atoms with van der Waals surface area (Å²) in [6, 6.07) is 4.07. The molecule has 0 bridgehead atoms. The fourth-order valence-electron chi connectivity index (χ4n) is 3.21. The molecular formula is C17H19NO2S. The zero-order valence-corrected chi connectivity index (χ0v) is 13.4. The van der Waals surface area contributed by atoms with Crippen LogP contribution in [0, 0.1) is 11.3 Å². The molecule has 2 heterocycles. The van der Waals surface area contributed by atoms with Gasteiger partial charge >= 0.3 is 0 Å². The van der Waals surface area contributed by atoms with Gasteiger partial charge in [-0.2, -0.15) is 0 Å². The van der Waals surface area contributed by atoms with Crippen molar-refractivity contribution in [2.75, 3.05) is 0 Å². The van der Waals surface area contributed by atoms with Gasteiger partial charge in [0.15, 0.2) is 16.6 Å². The zero-order chi connectivity index (χ0) is 14.8. The van der Waals surface area contributed by atoms with Gasteiger partial charge in [-0.15, -0.1) is 11.3 Å². The van der Waals surface area contributed by atoms with E-state index in [4.69, 9.17) is 4.42 Å². The monoisotopic (exact) mass is 301 g/mol. The number of nitrogens with zero attached hydrogens (tertiary/aromatic N) is 1. The molecule has 0 amide bonds. The lowest BCUT2D eigenvalue weighted by molar-refractivity contribution is 0.0916. The first kappa shape index (κ1) is 13.3. The summed E-state index contributed by atoms with van der Waals surface area (Å²) in [5.41, 5.74) is 0.974. The normalized spacial score (nSPS) is 26.7. The Bertz CT molecular complexity index is 725. The maximum absolute atomic E-state index is 12.3. The van der Waals surface area contributed by atoms with E-state index in [2.05, 4.69) is 31.8 Å². The van der Waals surface area contributed by atoms with Gasteiger partial charge < -0.3 is 4.42 Å². The molecule has 1 saturated carbocycles. The van der Waals surface area contributed by atoms with E-state index in [9.17, 15) is 4.79 Å². The van der Waals surface area contributed by atoms with Gasteiger partial charge in [-0.25, -0.2) is 4.98 Å². The minimum absolute atomic E-state index is 0.0210. The van der Waals surface area contributed by atoms with Crippen molar-refractivity contribution in [3.05, 3.63) is 28.5 Å². The number of hydrogen-bond donors (Lipinski definition) is 0. The summed E-state index contributed by atoms with van der Waals surface area (Å²) in [4.78, 5) is 17.8. The van der Waals surface area contributed by atoms with Crippen LogP contribution in [0.2, 0.25) is 0 Å². The van der Waals surface area contributed by atoms with Crippen LogP contribution in [0.15, 0.2) is 16.5 Å². The molecule has 0 saturated heterocycles. The maximum atomic E-state index is 12.3. The van der Waals surface area contributed by atoms with Gasteiger partial charge in [0.1, 0.15) is 5.76 Å². The van der Waals surface area contributed by atoms with Crippen molar-refractivity contribution < 1.29 is 9.21 Å². The van der Waals surface area contributed by atoms with Crippen LogP contribution < -0.4 is 0 Å². The number of fused-ring (bicyclic) bond motifs is 1. The van der Waals surface area contributed by atoms with Crippen LogP contribution in [0.1, 0.15) is 60.7 Å². The van der Waals surface area contributed by atoms with E-state index in [-0.39, 0.29) is 11.2 Å². The molecule has 2 unspecified atom stereocenters. The SMILES string of the molecule is CC1CC1c1ccc(-c2nc3c(s2)C(=O)CC(C)(C)C3)o1. The molecule has 2 aromatic rings. The molecule has 0 radical (unpaired) electrons. The number of thiazole rings is 1. The fourth-order valence-corrected chi connectivity index (χ4v) is 4.19. The molecule has 2 aromatic heterocycles. The van der Waals surface area contributed by atoms with E-state index in [0.29, 0.717) is 12.3 Å². The number of rotatable bonds is 2. The second-order valence-electron chi connectivity index (χ2n) is 7.26. The minimum Gasteiger partial charge on any atom is -0.458 e. The Morgan fingerprint density at radius 3 is 2.81 bits per heavy atom. The van der Waals surface area contributed by atoms with Gasteiger partial charge in [-0.3, -0.25) is 4.79 Å². The lowest BCUT2D eigenvalue weighted by atomic mass is 9.78. The topological polar surface area (TPSA) is 43.1 Å². The van der Waals surface area contributed by atoms with Crippen molar-refractivity contribution in [1.82, 2.24) is 4.98 Å². The average molecular weight is 301 g/mol. The Kier molecular flexibility index (Phi) is 2.71. The zero-order valence-electron chi connectivity index (χ0n) is 12.6. The summed E-state index contributed by atoms with van der Waals surface area (Å²) < 4.78 is 5.97. The highest BCUT2D eigenvalue weighted by Crippen LogP contribution is 2.48. The van der Waals surface area contributed by atoms with Gasteiger partial charge in [0.25, 0.3) is 0 Å². The number of furan rings is 1. The molecule has 1 fully saturated rings. The van der Waals surface area contributed by atoms with Crippen LogP contribution in [0.25, 0.3) is 10.8 Å². The van der Waals surface area contributed by atoms with Crippen molar-refractivity contribution >= 4 is 17.1 Å². The molecule has 4 rings (SSSR count). The predicted molar refractivity (Wildman–Crippen MR) is 82.8 cm³/mol. The molecule has 2 aliphatic rings. The molecule has 0 aliphatic heterocycles. The third-order valence-corrected chi connectivity index (χ3v) is 5.70. The summed E-state index contributed by atoms with van der Waals surface area (Å²) in [5, 5.41) is 0.852. The Labute approximate surface area is 128 Å². The third-order valence-electron chi connectivity index (χ3n) is 4.55. The third kappa shape index (κ3) is 2.26. The lowest BCUT2D eigenvalue weighted by Crippen LogP contribution is -2.25. The molecule has 2 aliphatic carbocycles. The number of carbonyl (C=O) groups is 1. The second kappa shape index (κ2) is 4.29. The van der Waals surface area contributed by atoms with Gasteiger partial charge in [0.05, 0.1) is 10.6 Å². The standard InChI is InChI=1S/C17H19NO2S/c1-9-6-10(9)13-4-5-14(20-13)16-18-11-7-17(2,3)8-12(19)15(11)21-16/h4-5,9-10H,6-8H2,1-3H3. The molecule has 0 spiro atoms. The van der Waals surface area contributed by atoms with Gasteiger partial charge in [0, 0.05) is 12.3 Å². The first-order chi connectivity index (χ1) is 9.93. The summed E-state index contributed by atoms with van der Waals surface area (Å²) >= 11 is 1.49. The molecule has 2 atom stereocenters. The molecular weight excluding hydrogens is 282 g/mol. The highest BCUT2D eigenvalue weighted by molar-refractivity contribution is 7.17. The lowest BCUT2D eigenvalue weighted by Gasteiger charge is -2.26. The van der Waals surface area contributed by atoms with Crippen molar-refractivity contribution in [2.45, 2.75) is 46.0 Å². The van der Waals surface area contributed by atoms with Crippen LogP contribution in [-0.4, -0.2) is 10.8 Å². The minimum atomic E-state index is 0.0210. The Morgan fingerprint density at radius 1 is 1.33 bits per heavy atom. The quantitative estimate of drug-likeness (QED) is 0.808. The molecule has 21 heavy (non-hydrogen) atoms. The van der Waals surface area contributed by atoms with Crippen LogP contribution >= 0.6 is 11.3 Å². The highest BCUT2D eigenvalue weighted by Gasteiger charge is 2.37. The molecule has 0 N–H and O–H groups in total. The Balaban J connectivity index is 1.68. The Hall–Kier alpha value is -1.42. The van der Waals surface area contributed by atoms with Gasteiger partial charge in [-0.1, -0.05) is 20.8 Å². The maximum Gasteiger partial charge on any atom is 0.175 e. The number of Topliss-reactive ketones (excluding diaryl/α,β-unsaturated/α-hetero) is 1. The van der Waals surface area contributed by atoms with E-state index in [1.807, 2.05) is 6.07 Å². The van der Waals surface area contributed by atoms with E-state index in [1.165, 1.54) is 17.8 Å². The number of ketones is 1. The smallest absolute Gasteiger partial charge is 0.175 e.